The third-order valence-corrected chi connectivity index (χ3v) is 2.50. The molecule has 1 aliphatic rings. The molecule has 0 unspecified atom stereocenters. The van der Waals surface area contributed by atoms with Crippen LogP contribution in [0.1, 0.15) is 35.5 Å². The summed E-state index contributed by atoms with van der Waals surface area (Å²) in [6, 6.07) is 1.45. The number of carboxylic acid groups (broad SMARTS) is 1. The number of nitrogens with zero attached hydrogens (tertiary/aromatic N) is 1. The largest absolute Gasteiger partial charge is 0.476 e. The zero-order valence-corrected chi connectivity index (χ0v) is 8.40. The predicted molar refractivity (Wildman–Crippen MR) is 52.5 cm³/mol. The Morgan fingerprint density at radius 3 is 3.07 bits per heavy atom. The van der Waals surface area contributed by atoms with Crippen molar-refractivity contribution in [1.29, 1.82) is 0 Å². The Labute approximate surface area is 87.5 Å². The van der Waals surface area contributed by atoms with E-state index in [9.17, 15) is 4.79 Å². The lowest BCUT2D eigenvalue weighted by molar-refractivity contribution is 0.0685. The number of rotatable bonds is 6. The van der Waals surface area contributed by atoms with E-state index in [0.29, 0.717) is 12.3 Å². The lowest BCUT2D eigenvalue weighted by Crippen LogP contribution is -2.14. The number of carbonyl (C=O) groups is 1. The first-order valence-corrected chi connectivity index (χ1v) is 5.15. The predicted octanol–water partition coefficient (Wildman–Crippen LogP) is 1.26. The summed E-state index contributed by atoms with van der Waals surface area (Å²) in [4.78, 5) is 10.5. The van der Waals surface area contributed by atoms with Crippen LogP contribution in [0.25, 0.3) is 0 Å². The zero-order valence-electron chi connectivity index (χ0n) is 8.40. The van der Waals surface area contributed by atoms with Crippen LogP contribution < -0.4 is 5.32 Å². The van der Waals surface area contributed by atoms with Gasteiger partial charge in [0.1, 0.15) is 0 Å². The van der Waals surface area contributed by atoms with Crippen molar-refractivity contribution in [2.75, 3.05) is 6.54 Å². The smallest absolute Gasteiger partial charge is 0.358 e. The number of aromatic carboxylic acids is 1. The lowest BCUT2D eigenvalue weighted by Gasteiger charge is -1.99. The van der Waals surface area contributed by atoms with Gasteiger partial charge in [0.2, 0.25) is 0 Å². The minimum absolute atomic E-state index is 0.0333. The highest BCUT2D eigenvalue weighted by molar-refractivity contribution is 5.85. The van der Waals surface area contributed by atoms with Gasteiger partial charge in [0, 0.05) is 6.07 Å². The summed E-state index contributed by atoms with van der Waals surface area (Å²) in [5.41, 5.74) is -0.0333. The molecule has 1 aromatic heterocycles. The van der Waals surface area contributed by atoms with E-state index in [0.717, 1.165) is 12.5 Å². The molecule has 0 saturated heterocycles. The van der Waals surface area contributed by atoms with Gasteiger partial charge in [0.25, 0.3) is 0 Å². The molecule has 1 saturated carbocycles. The van der Waals surface area contributed by atoms with Crippen LogP contribution in [0.15, 0.2) is 10.6 Å². The topological polar surface area (TPSA) is 75.4 Å². The fourth-order valence-corrected chi connectivity index (χ4v) is 1.42. The minimum atomic E-state index is -1.05. The van der Waals surface area contributed by atoms with Crippen molar-refractivity contribution < 1.29 is 14.4 Å². The first kappa shape index (κ1) is 10.2. The van der Waals surface area contributed by atoms with Gasteiger partial charge in [-0.15, -0.1) is 0 Å². The quantitative estimate of drug-likeness (QED) is 0.691. The second-order valence-electron chi connectivity index (χ2n) is 3.89. The van der Waals surface area contributed by atoms with Gasteiger partial charge >= 0.3 is 5.97 Å². The Bertz CT molecular complexity index is 344. The Kier molecular flexibility index (Phi) is 3.01. The van der Waals surface area contributed by atoms with Gasteiger partial charge in [-0.2, -0.15) is 0 Å². The van der Waals surface area contributed by atoms with Crippen molar-refractivity contribution in [2.24, 2.45) is 5.92 Å². The summed E-state index contributed by atoms with van der Waals surface area (Å²) in [6.07, 6.45) is 3.90. The molecule has 0 aliphatic heterocycles. The van der Waals surface area contributed by atoms with E-state index in [-0.39, 0.29) is 5.69 Å². The molecular weight excluding hydrogens is 196 g/mol. The average Bonchev–Trinajstić information content (AvgIpc) is 2.90. The Balaban J connectivity index is 1.70. The SMILES string of the molecule is O=C(O)c1cc(CNCCC2CC2)on1. The van der Waals surface area contributed by atoms with Gasteiger partial charge < -0.3 is 14.9 Å². The molecule has 1 aliphatic carbocycles. The fraction of sp³-hybridized carbons (Fsp3) is 0.600. The van der Waals surface area contributed by atoms with Crippen molar-refractivity contribution in [1.82, 2.24) is 10.5 Å². The van der Waals surface area contributed by atoms with E-state index >= 15 is 0 Å². The van der Waals surface area contributed by atoms with Crippen molar-refractivity contribution in [2.45, 2.75) is 25.8 Å². The van der Waals surface area contributed by atoms with Crippen molar-refractivity contribution >= 4 is 5.97 Å². The highest BCUT2D eigenvalue weighted by atomic mass is 16.5. The molecule has 1 heterocycles. The second-order valence-corrected chi connectivity index (χ2v) is 3.89. The van der Waals surface area contributed by atoms with Crippen LogP contribution in [0.3, 0.4) is 0 Å². The molecule has 5 nitrogen and oxygen atoms in total. The molecule has 0 atom stereocenters. The van der Waals surface area contributed by atoms with Gasteiger partial charge in [-0.25, -0.2) is 4.79 Å². The highest BCUT2D eigenvalue weighted by Gasteiger charge is 2.20. The molecule has 82 valence electrons. The van der Waals surface area contributed by atoms with Gasteiger partial charge in [-0.05, 0) is 18.9 Å². The van der Waals surface area contributed by atoms with E-state index in [4.69, 9.17) is 9.63 Å². The Morgan fingerprint density at radius 2 is 2.47 bits per heavy atom. The third-order valence-electron chi connectivity index (χ3n) is 2.50. The monoisotopic (exact) mass is 210 g/mol. The highest BCUT2D eigenvalue weighted by Crippen LogP contribution is 2.31. The first-order valence-electron chi connectivity index (χ1n) is 5.15. The average molecular weight is 210 g/mol. The maximum Gasteiger partial charge on any atom is 0.358 e. The van der Waals surface area contributed by atoms with Gasteiger partial charge in [-0.3, -0.25) is 0 Å². The molecule has 2 rings (SSSR count). The number of hydrogen-bond donors (Lipinski definition) is 2. The van der Waals surface area contributed by atoms with Crippen LogP contribution in [0.5, 0.6) is 0 Å². The molecule has 15 heavy (non-hydrogen) atoms. The van der Waals surface area contributed by atoms with Crippen LogP contribution in [-0.4, -0.2) is 22.8 Å². The van der Waals surface area contributed by atoms with Crippen molar-refractivity contribution in [3.63, 3.8) is 0 Å². The Morgan fingerprint density at radius 1 is 1.67 bits per heavy atom. The number of carboxylic acids is 1. The lowest BCUT2D eigenvalue weighted by atomic mass is 10.3. The number of nitrogens with one attached hydrogen (secondary N) is 1. The molecular formula is C10H14N2O3. The van der Waals surface area contributed by atoms with E-state index in [1.54, 1.807) is 0 Å². The summed E-state index contributed by atoms with van der Waals surface area (Å²) in [6.45, 7) is 1.50. The molecule has 0 spiro atoms. The van der Waals surface area contributed by atoms with Crippen molar-refractivity contribution in [3.05, 3.63) is 17.5 Å². The van der Waals surface area contributed by atoms with E-state index < -0.39 is 5.97 Å². The molecule has 1 fully saturated rings. The summed E-state index contributed by atoms with van der Waals surface area (Å²) >= 11 is 0. The Hall–Kier alpha value is -1.36. The van der Waals surface area contributed by atoms with Crippen LogP contribution in [0.4, 0.5) is 0 Å². The maximum atomic E-state index is 10.5. The summed E-state index contributed by atoms with van der Waals surface area (Å²) in [7, 11) is 0. The molecule has 0 aromatic carbocycles. The number of hydrogen-bond acceptors (Lipinski definition) is 4. The molecule has 0 amide bonds. The molecule has 5 heteroatoms. The van der Waals surface area contributed by atoms with E-state index in [2.05, 4.69) is 10.5 Å². The van der Waals surface area contributed by atoms with Crippen LogP contribution in [-0.2, 0) is 6.54 Å². The summed E-state index contributed by atoms with van der Waals surface area (Å²) in [5.74, 6) is 0.424. The second kappa shape index (κ2) is 4.44. The van der Waals surface area contributed by atoms with E-state index in [1.165, 1.54) is 25.3 Å². The standard InChI is InChI=1S/C10H14N2O3/c13-10(14)9-5-8(15-12-9)6-11-4-3-7-1-2-7/h5,7,11H,1-4,6H2,(H,13,14). The third kappa shape index (κ3) is 3.06. The van der Waals surface area contributed by atoms with E-state index in [1.807, 2.05) is 0 Å². The van der Waals surface area contributed by atoms with Crippen LogP contribution in [0.2, 0.25) is 0 Å². The van der Waals surface area contributed by atoms with Gasteiger partial charge in [0.05, 0.1) is 6.54 Å². The molecule has 0 radical (unpaired) electrons. The maximum absolute atomic E-state index is 10.5. The van der Waals surface area contributed by atoms with Gasteiger partial charge in [-0.1, -0.05) is 18.0 Å². The van der Waals surface area contributed by atoms with Crippen LogP contribution in [0, 0.1) is 5.92 Å². The van der Waals surface area contributed by atoms with Crippen LogP contribution >= 0.6 is 0 Å². The first-order chi connectivity index (χ1) is 7.25. The minimum Gasteiger partial charge on any atom is -0.476 e. The summed E-state index contributed by atoms with van der Waals surface area (Å²) in [5, 5.41) is 15.2. The normalized spacial score (nSPS) is 15.5. The van der Waals surface area contributed by atoms with Crippen molar-refractivity contribution in [3.8, 4) is 0 Å². The zero-order chi connectivity index (χ0) is 10.7. The molecule has 2 N–H and O–H groups in total. The summed E-state index contributed by atoms with van der Waals surface area (Å²) < 4.78 is 4.86. The molecule has 0 bridgehead atoms. The molecule has 1 aromatic rings. The fourth-order valence-electron chi connectivity index (χ4n) is 1.42. The number of aromatic nitrogens is 1. The van der Waals surface area contributed by atoms with Gasteiger partial charge in [0.15, 0.2) is 11.5 Å².